The van der Waals surface area contributed by atoms with Crippen LogP contribution in [0.3, 0.4) is 0 Å². The first kappa shape index (κ1) is 14.6. The summed E-state index contributed by atoms with van der Waals surface area (Å²) in [4.78, 5) is 0. The van der Waals surface area contributed by atoms with Crippen LogP contribution in [-0.2, 0) is 0 Å². The van der Waals surface area contributed by atoms with Gasteiger partial charge >= 0.3 is 0 Å². The molecule has 1 saturated carbocycles. The van der Waals surface area contributed by atoms with Crippen molar-refractivity contribution in [2.75, 3.05) is 13.2 Å². The quantitative estimate of drug-likeness (QED) is 0.905. The van der Waals surface area contributed by atoms with Gasteiger partial charge in [0.15, 0.2) is 11.5 Å². The van der Waals surface area contributed by atoms with Crippen LogP contribution in [0.5, 0.6) is 11.5 Å². The zero-order valence-corrected chi connectivity index (χ0v) is 12.0. The Hall–Kier alpha value is -1.36. The monoisotopic (exact) mass is 297 g/mol. The smallest absolute Gasteiger partial charge is 0.248 e. The molecule has 5 heteroatoms. The number of benzene rings is 1. The molecule has 0 bridgehead atoms. The Kier molecular flexibility index (Phi) is 4.02. The van der Waals surface area contributed by atoms with Gasteiger partial charge in [-0.2, -0.15) is 0 Å². The fourth-order valence-corrected chi connectivity index (χ4v) is 3.08. The summed E-state index contributed by atoms with van der Waals surface area (Å²) >= 11 is 0. The minimum atomic E-state index is -2.51. The number of alkyl halides is 2. The Labute approximate surface area is 123 Å². The van der Waals surface area contributed by atoms with Crippen LogP contribution < -0.4 is 15.2 Å². The van der Waals surface area contributed by atoms with Gasteiger partial charge < -0.3 is 15.2 Å². The number of hydrogen-bond donors (Lipinski definition) is 1. The van der Waals surface area contributed by atoms with Crippen LogP contribution in [0.25, 0.3) is 0 Å². The number of rotatable bonds is 2. The van der Waals surface area contributed by atoms with Crippen molar-refractivity contribution in [3.63, 3.8) is 0 Å². The van der Waals surface area contributed by atoms with Gasteiger partial charge in [-0.1, -0.05) is 6.07 Å². The van der Waals surface area contributed by atoms with E-state index in [2.05, 4.69) is 0 Å². The maximum Gasteiger partial charge on any atom is 0.248 e. The van der Waals surface area contributed by atoms with Crippen LogP contribution in [0.15, 0.2) is 18.2 Å². The third-order valence-electron chi connectivity index (χ3n) is 4.43. The summed E-state index contributed by atoms with van der Waals surface area (Å²) in [5.74, 6) is -0.962. The van der Waals surface area contributed by atoms with Crippen molar-refractivity contribution < 1.29 is 18.3 Å². The molecule has 3 nitrogen and oxygen atoms in total. The van der Waals surface area contributed by atoms with E-state index < -0.39 is 5.92 Å². The second-order valence-electron chi connectivity index (χ2n) is 5.98. The summed E-state index contributed by atoms with van der Waals surface area (Å²) in [6.07, 6.45) is 1.69. The molecule has 0 spiro atoms. The summed E-state index contributed by atoms with van der Waals surface area (Å²) < 4.78 is 37.7. The highest BCUT2D eigenvalue weighted by atomic mass is 19.3. The molecule has 3 rings (SSSR count). The van der Waals surface area contributed by atoms with Gasteiger partial charge in [-0.05, 0) is 36.5 Å². The third kappa shape index (κ3) is 3.28. The summed E-state index contributed by atoms with van der Waals surface area (Å²) in [6, 6.07) is 5.47. The summed E-state index contributed by atoms with van der Waals surface area (Å²) in [5, 5.41) is 0. The Bertz CT molecular complexity index is 497. The van der Waals surface area contributed by atoms with Gasteiger partial charge in [0, 0.05) is 25.3 Å². The predicted octanol–water partition coefficient (Wildman–Crippen LogP) is 3.67. The molecule has 21 heavy (non-hydrogen) atoms. The van der Waals surface area contributed by atoms with Gasteiger partial charge in [0.05, 0.1) is 13.2 Å². The molecule has 1 aliphatic heterocycles. The molecule has 0 radical (unpaired) electrons. The number of ether oxygens (including phenoxy) is 2. The summed E-state index contributed by atoms with van der Waals surface area (Å²) in [6.45, 7) is 1.28. The standard InChI is InChI=1S/C16H21F2NO2/c17-16(18)6-4-11(5-7-16)15(19)12-2-3-13-14(10-12)21-9-1-8-20-13/h2-3,10-11,15H,1,4-9,19H2. The van der Waals surface area contributed by atoms with E-state index in [1.165, 1.54) is 0 Å². The van der Waals surface area contributed by atoms with E-state index in [-0.39, 0.29) is 24.8 Å². The molecule has 2 aliphatic rings. The Morgan fingerprint density at radius 2 is 1.76 bits per heavy atom. The van der Waals surface area contributed by atoms with Crippen molar-refractivity contribution >= 4 is 0 Å². The van der Waals surface area contributed by atoms with Gasteiger partial charge in [-0.25, -0.2) is 8.78 Å². The van der Waals surface area contributed by atoms with E-state index in [1.807, 2.05) is 18.2 Å². The molecule has 0 saturated heterocycles. The van der Waals surface area contributed by atoms with Crippen molar-refractivity contribution in [3.8, 4) is 11.5 Å². The van der Waals surface area contributed by atoms with Crippen LogP contribution in [0.1, 0.15) is 43.7 Å². The molecular formula is C16H21F2NO2. The molecule has 1 heterocycles. The molecular weight excluding hydrogens is 276 g/mol. The average Bonchev–Trinajstić information content (AvgIpc) is 2.71. The maximum absolute atomic E-state index is 13.2. The highest BCUT2D eigenvalue weighted by Gasteiger charge is 2.37. The fraction of sp³-hybridized carbons (Fsp3) is 0.625. The van der Waals surface area contributed by atoms with Crippen molar-refractivity contribution in [1.29, 1.82) is 0 Å². The molecule has 2 N–H and O–H groups in total. The second-order valence-corrected chi connectivity index (χ2v) is 5.98. The Morgan fingerprint density at radius 3 is 2.48 bits per heavy atom. The molecule has 1 aromatic rings. The SMILES string of the molecule is NC(c1ccc2c(c1)OCCCO2)C1CCC(F)(F)CC1. The average molecular weight is 297 g/mol. The molecule has 1 atom stereocenters. The van der Waals surface area contributed by atoms with Gasteiger partial charge in [-0.15, -0.1) is 0 Å². The van der Waals surface area contributed by atoms with Gasteiger partial charge in [0.1, 0.15) is 0 Å². The maximum atomic E-state index is 13.2. The zero-order valence-electron chi connectivity index (χ0n) is 12.0. The highest BCUT2D eigenvalue weighted by molar-refractivity contribution is 5.44. The summed E-state index contributed by atoms with van der Waals surface area (Å²) in [5.41, 5.74) is 7.23. The largest absolute Gasteiger partial charge is 0.490 e. The van der Waals surface area contributed by atoms with Crippen LogP contribution in [0, 0.1) is 5.92 Å². The highest BCUT2D eigenvalue weighted by Crippen LogP contribution is 2.41. The number of hydrogen-bond acceptors (Lipinski definition) is 3. The normalized spacial score (nSPS) is 23.4. The minimum Gasteiger partial charge on any atom is -0.490 e. The fourth-order valence-electron chi connectivity index (χ4n) is 3.08. The summed E-state index contributed by atoms with van der Waals surface area (Å²) in [7, 11) is 0. The molecule has 0 amide bonds. The molecule has 1 aromatic carbocycles. The molecule has 116 valence electrons. The molecule has 1 unspecified atom stereocenters. The Morgan fingerprint density at radius 1 is 1.10 bits per heavy atom. The lowest BCUT2D eigenvalue weighted by Gasteiger charge is -2.32. The van der Waals surface area contributed by atoms with E-state index in [0.717, 1.165) is 17.7 Å². The number of nitrogens with two attached hydrogens (primary N) is 1. The first-order valence-electron chi connectivity index (χ1n) is 7.58. The van der Waals surface area contributed by atoms with Crippen LogP contribution >= 0.6 is 0 Å². The van der Waals surface area contributed by atoms with Crippen LogP contribution in [0.2, 0.25) is 0 Å². The molecule has 1 aliphatic carbocycles. The lowest BCUT2D eigenvalue weighted by atomic mass is 9.80. The first-order valence-corrected chi connectivity index (χ1v) is 7.58. The van der Waals surface area contributed by atoms with E-state index in [0.29, 0.717) is 31.8 Å². The van der Waals surface area contributed by atoms with Crippen molar-refractivity contribution in [2.24, 2.45) is 11.7 Å². The van der Waals surface area contributed by atoms with E-state index in [1.54, 1.807) is 0 Å². The van der Waals surface area contributed by atoms with Crippen LogP contribution in [0.4, 0.5) is 8.78 Å². The lowest BCUT2D eigenvalue weighted by molar-refractivity contribution is -0.0483. The number of halogens is 2. The predicted molar refractivity (Wildman–Crippen MR) is 75.9 cm³/mol. The second kappa shape index (κ2) is 5.79. The van der Waals surface area contributed by atoms with Crippen molar-refractivity contribution in [1.82, 2.24) is 0 Å². The van der Waals surface area contributed by atoms with Gasteiger partial charge in [0.25, 0.3) is 0 Å². The Balaban J connectivity index is 1.73. The molecule has 1 fully saturated rings. The van der Waals surface area contributed by atoms with Crippen molar-refractivity contribution in [3.05, 3.63) is 23.8 Å². The molecule has 0 aromatic heterocycles. The topological polar surface area (TPSA) is 44.5 Å². The van der Waals surface area contributed by atoms with Crippen molar-refractivity contribution in [2.45, 2.75) is 44.1 Å². The van der Waals surface area contributed by atoms with E-state index >= 15 is 0 Å². The van der Waals surface area contributed by atoms with Gasteiger partial charge in [-0.3, -0.25) is 0 Å². The van der Waals surface area contributed by atoms with E-state index in [9.17, 15) is 8.78 Å². The minimum absolute atomic E-state index is 0.0596. The van der Waals surface area contributed by atoms with Crippen LogP contribution in [-0.4, -0.2) is 19.1 Å². The lowest BCUT2D eigenvalue weighted by Crippen LogP contribution is -2.30. The first-order chi connectivity index (χ1) is 10.1. The van der Waals surface area contributed by atoms with Gasteiger partial charge in [0.2, 0.25) is 5.92 Å². The number of fused-ring (bicyclic) bond motifs is 1. The third-order valence-corrected chi connectivity index (χ3v) is 4.43. The van der Waals surface area contributed by atoms with E-state index in [4.69, 9.17) is 15.2 Å². The zero-order chi connectivity index (χ0) is 14.9.